The Morgan fingerprint density at radius 1 is 1.17 bits per heavy atom. The van der Waals surface area contributed by atoms with Crippen LogP contribution in [0.3, 0.4) is 0 Å². The van der Waals surface area contributed by atoms with Gasteiger partial charge in [0.25, 0.3) is 0 Å². The van der Waals surface area contributed by atoms with Gasteiger partial charge in [-0.05, 0) is 64.8 Å². The lowest BCUT2D eigenvalue weighted by Crippen LogP contribution is -2.15. The molecule has 3 heterocycles. The number of thioether (sulfide) groups is 1. The van der Waals surface area contributed by atoms with E-state index in [9.17, 15) is 4.79 Å². The van der Waals surface area contributed by atoms with E-state index in [1.165, 1.54) is 11.8 Å². The zero-order chi connectivity index (χ0) is 20.2. The van der Waals surface area contributed by atoms with Crippen molar-refractivity contribution in [2.24, 2.45) is 0 Å². The number of hydrogen-bond acceptors (Lipinski definition) is 6. The molecule has 1 amide bonds. The van der Waals surface area contributed by atoms with E-state index in [0.717, 1.165) is 21.5 Å². The molecule has 0 fully saturated rings. The van der Waals surface area contributed by atoms with Crippen LogP contribution in [0.1, 0.15) is 11.3 Å². The summed E-state index contributed by atoms with van der Waals surface area (Å²) in [5, 5.41) is 12.0. The Hall–Kier alpha value is -2.78. The fourth-order valence-corrected chi connectivity index (χ4v) is 4.05. The number of hydrogen-bond donors (Lipinski definition) is 1. The number of amides is 1. The van der Waals surface area contributed by atoms with Crippen LogP contribution in [0.15, 0.2) is 73.5 Å². The molecule has 7 nitrogen and oxygen atoms in total. The van der Waals surface area contributed by atoms with Crippen molar-refractivity contribution in [1.82, 2.24) is 14.8 Å². The smallest absolute Gasteiger partial charge is 0.234 e. The summed E-state index contributed by atoms with van der Waals surface area (Å²) in [5.74, 6) is 1.99. The Balaban J connectivity index is 1.50. The van der Waals surface area contributed by atoms with Gasteiger partial charge in [-0.1, -0.05) is 17.8 Å². The Morgan fingerprint density at radius 2 is 2.00 bits per heavy atom. The first-order valence-corrected chi connectivity index (χ1v) is 10.6. The van der Waals surface area contributed by atoms with E-state index in [2.05, 4.69) is 31.4 Å². The maximum absolute atomic E-state index is 12.4. The molecule has 0 aliphatic rings. The number of furan rings is 2. The average molecular weight is 473 g/mol. The number of rotatable bonds is 7. The quantitative estimate of drug-likeness (QED) is 0.381. The predicted octanol–water partition coefficient (Wildman–Crippen LogP) is 4.98. The SMILES string of the molecule is Cc1ccc(NC(=O)CSc2nnc(-c3ccco3)n2Cc2ccco2)c(Br)c1. The zero-order valence-electron chi connectivity index (χ0n) is 15.5. The molecule has 148 valence electrons. The lowest BCUT2D eigenvalue weighted by atomic mass is 10.2. The van der Waals surface area contributed by atoms with Gasteiger partial charge in [0.2, 0.25) is 11.7 Å². The molecule has 1 aromatic carbocycles. The first-order chi connectivity index (χ1) is 14.1. The molecule has 0 radical (unpaired) electrons. The van der Waals surface area contributed by atoms with Gasteiger partial charge in [0.05, 0.1) is 30.5 Å². The van der Waals surface area contributed by atoms with E-state index in [1.807, 2.05) is 47.9 Å². The van der Waals surface area contributed by atoms with E-state index in [0.29, 0.717) is 23.3 Å². The summed E-state index contributed by atoms with van der Waals surface area (Å²) < 4.78 is 13.7. The van der Waals surface area contributed by atoms with Crippen molar-refractivity contribution in [2.45, 2.75) is 18.6 Å². The molecule has 0 unspecified atom stereocenters. The number of benzene rings is 1. The van der Waals surface area contributed by atoms with Crippen LogP contribution in [-0.4, -0.2) is 26.4 Å². The van der Waals surface area contributed by atoms with E-state index < -0.39 is 0 Å². The summed E-state index contributed by atoms with van der Waals surface area (Å²) in [5.41, 5.74) is 1.84. The molecule has 0 aliphatic carbocycles. The second-order valence-corrected chi connectivity index (χ2v) is 8.07. The van der Waals surface area contributed by atoms with Crippen LogP contribution in [0.2, 0.25) is 0 Å². The highest BCUT2D eigenvalue weighted by Crippen LogP contribution is 2.27. The molecule has 9 heteroatoms. The van der Waals surface area contributed by atoms with Gasteiger partial charge in [-0.25, -0.2) is 0 Å². The van der Waals surface area contributed by atoms with Crippen LogP contribution in [0.4, 0.5) is 5.69 Å². The minimum atomic E-state index is -0.133. The van der Waals surface area contributed by atoms with Gasteiger partial charge in [0, 0.05) is 4.47 Å². The molecule has 3 aromatic heterocycles. The van der Waals surface area contributed by atoms with Crippen molar-refractivity contribution in [2.75, 3.05) is 11.1 Å². The third-order valence-corrected chi connectivity index (χ3v) is 5.71. The predicted molar refractivity (Wildman–Crippen MR) is 114 cm³/mol. The summed E-state index contributed by atoms with van der Waals surface area (Å²) in [6.07, 6.45) is 3.20. The van der Waals surface area contributed by atoms with Crippen molar-refractivity contribution in [3.8, 4) is 11.6 Å². The normalized spacial score (nSPS) is 11.0. The number of carbonyl (C=O) groups is 1. The van der Waals surface area contributed by atoms with Crippen LogP contribution < -0.4 is 5.32 Å². The molecule has 0 spiro atoms. The summed E-state index contributed by atoms with van der Waals surface area (Å²) >= 11 is 4.78. The maximum atomic E-state index is 12.4. The molecule has 0 atom stereocenters. The molecular formula is C20H17BrN4O3S. The molecule has 0 bridgehead atoms. The molecule has 29 heavy (non-hydrogen) atoms. The van der Waals surface area contributed by atoms with Gasteiger partial charge < -0.3 is 14.2 Å². The van der Waals surface area contributed by atoms with Crippen molar-refractivity contribution >= 4 is 39.3 Å². The Morgan fingerprint density at radius 3 is 2.72 bits per heavy atom. The number of nitrogens with zero attached hydrogens (tertiary/aromatic N) is 3. The van der Waals surface area contributed by atoms with Crippen molar-refractivity contribution in [1.29, 1.82) is 0 Å². The summed E-state index contributed by atoms with van der Waals surface area (Å²) in [6.45, 7) is 2.43. The first-order valence-electron chi connectivity index (χ1n) is 8.78. The van der Waals surface area contributed by atoms with Gasteiger partial charge in [-0.3, -0.25) is 9.36 Å². The lowest BCUT2D eigenvalue weighted by Gasteiger charge is -2.09. The maximum Gasteiger partial charge on any atom is 0.234 e. The molecule has 1 N–H and O–H groups in total. The number of aryl methyl sites for hydroxylation is 1. The number of carbonyl (C=O) groups excluding carboxylic acids is 1. The topological polar surface area (TPSA) is 86.1 Å². The minimum Gasteiger partial charge on any atom is -0.467 e. The van der Waals surface area contributed by atoms with Crippen molar-refractivity contribution in [3.05, 3.63) is 70.8 Å². The summed E-state index contributed by atoms with van der Waals surface area (Å²) in [6, 6.07) is 13.1. The van der Waals surface area contributed by atoms with E-state index in [4.69, 9.17) is 8.83 Å². The van der Waals surface area contributed by atoms with Gasteiger partial charge in [0.1, 0.15) is 5.76 Å². The number of halogens is 1. The molecule has 0 saturated carbocycles. The van der Waals surface area contributed by atoms with Gasteiger partial charge in [-0.2, -0.15) is 0 Å². The monoisotopic (exact) mass is 472 g/mol. The molecule has 0 saturated heterocycles. The van der Waals surface area contributed by atoms with Gasteiger partial charge in [-0.15, -0.1) is 10.2 Å². The third-order valence-electron chi connectivity index (χ3n) is 4.08. The Kier molecular flexibility index (Phi) is 5.86. The largest absolute Gasteiger partial charge is 0.467 e. The second-order valence-electron chi connectivity index (χ2n) is 6.27. The average Bonchev–Trinajstić information content (AvgIpc) is 3.45. The van der Waals surface area contributed by atoms with Crippen LogP contribution in [-0.2, 0) is 11.3 Å². The van der Waals surface area contributed by atoms with Gasteiger partial charge >= 0.3 is 0 Å². The van der Waals surface area contributed by atoms with Crippen LogP contribution >= 0.6 is 27.7 Å². The molecule has 4 aromatic rings. The lowest BCUT2D eigenvalue weighted by molar-refractivity contribution is -0.113. The highest BCUT2D eigenvalue weighted by Gasteiger charge is 2.18. The van der Waals surface area contributed by atoms with Gasteiger partial charge in [0.15, 0.2) is 10.9 Å². The zero-order valence-corrected chi connectivity index (χ0v) is 17.9. The van der Waals surface area contributed by atoms with E-state index in [1.54, 1.807) is 18.6 Å². The standard InChI is InChI=1S/C20H17BrN4O3S/c1-13-6-7-16(15(21)10-13)22-18(26)12-29-20-24-23-19(17-5-3-9-28-17)25(20)11-14-4-2-8-27-14/h2-10H,11-12H2,1H3,(H,22,26). The second kappa shape index (κ2) is 8.71. The summed E-state index contributed by atoms with van der Waals surface area (Å²) in [4.78, 5) is 12.4. The van der Waals surface area contributed by atoms with Crippen LogP contribution in [0.25, 0.3) is 11.6 Å². The van der Waals surface area contributed by atoms with E-state index in [-0.39, 0.29) is 11.7 Å². The molecular weight excluding hydrogens is 456 g/mol. The number of nitrogens with one attached hydrogen (secondary N) is 1. The fraction of sp³-hybridized carbons (Fsp3) is 0.150. The van der Waals surface area contributed by atoms with Crippen LogP contribution in [0.5, 0.6) is 0 Å². The first kappa shape index (κ1) is 19.5. The fourth-order valence-electron chi connectivity index (χ4n) is 2.72. The minimum absolute atomic E-state index is 0.133. The van der Waals surface area contributed by atoms with Crippen LogP contribution in [0, 0.1) is 6.92 Å². The highest BCUT2D eigenvalue weighted by atomic mass is 79.9. The van der Waals surface area contributed by atoms with E-state index >= 15 is 0 Å². The number of aromatic nitrogens is 3. The Bertz CT molecular complexity index is 1110. The molecule has 4 rings (SSSR count). The summed E-state index contributed by atoms with van der Waals surface area (Å²) in [7, 11) is 0. The number of anilines is 1. The highest BCUT2D eigenvalue weighted by molar-refractivity contribution is 9.10. The Labute approximate surface area is 179 Å². The van der Waals surface area contributed by atoms with Crippen molar-refractivity contribution < 1.29 is 13.6 Å². The van der Waals surface area contributed by atoms with Crippen molar-refractivity contribution in [3.63, 3.8) is 0 Å². The third kappa shape index (κ3) is 4.63. The molecule has 0 aliphatic heterocycles.